The number of nitrogens with two attached hydrogens (primary N) is 1. The highest BCUT2D eigenvalue weighted by atomic mass is 35.5. The van der Waals surface area contributed by atoms with E-state index in [4.69, 9.17) is 37.0 Å². The second-order valence-electron chi connectivity index (χ2n) is 10.3. The number of nitrogens with one attached hydrogen (secondary N) is 2. The van der Waals surface area contributed by atoms with Gasteiger partial charge in [0.05, 0.1) is 29.4 Å². The quantitative estimate of drug-likeness (QED) is 0.208. The van der Waals surface area contributed by atoms with E-state index < -0.39 is 11.9 Å². The summed E-state index contributed by atoms with van der Waals surface area (Å²) in [5, 5.41) is 22.5. The van der Waals surface area contributed by atoms with Gasteiger partial charge < -0.3 is 36.1 Å². The number of nitrogen functional groups attached to an aromatic ring is 1. The predicted octanol–water partition coefficient (Wildman–Crippen LogP) is 1.95. The number of methoxy groups -OCH3 is 1. The Morgan fingerprint density at radius 2 is 1.73 bits per heavy atom. The summed E-state index contributed by atoms with van der Waals surface area (Å²) in [6.07, 6.45) is 6.25. The lowest BCUT2D eigenvalue weighted by Crippen LogP contribution is -2.56. The van der Waals surface area contributed by atoms with Crippen molar-refractivity contribution in [2.45, 2.75) is 56.7 Å². The van der Waals surface area contributed by atoms with Crippen molar-refractivity contribution in [2.75, 3.05) is 45.6 Å². The number of hydrogen-bond donors (Lipinski definition) is 5. The number of carbonyl (C=O) groups is 4. The first-order valence-corrected chi connectivity index (χ1v) is 14.2. The molecule has 3 aliphatic rings. The summed E-state index contributed by atoms with van der Waals surface area (Å²) in [5.74, 6) is -1.73. The Bertz CT molecular complexity index is 1090. The number of benzene rings is 1. The molecule has 1 unspecified atom stereocenters. The summed E-state index contributed by atoms with van der Waals surface area (Å²) in [6.45, 7) is 4.15. The van der Waals surface area contributed by atoms with Crippen molar-refractivity contribution < 1.29 is 38.9 Å². The van der Waals surface area contributed by atoms with Gasteiger partial charge in [-0.2, -0.15) is 0 Å². The number of halogens is 1. The van der Waals surface area contributed by atoms with Crippen molar-refractivity contribution in [3.63, 3.8) is 0 Å². The zero-order chi connectivity index (χ0) is 29.9. The molecule has 1 aromatic carbocycles. The topological polar surface area (TPSA) is 181 Å². The summed E-state index contributed by atoms with van der Waals surface area (Å²) in [5.41, 5.74) is 6.58. The lowest BCUT2D eigenvalue weighted by molar-refractivity contribution is -0.136. The van der Waals surface area contributed by atoms with E-state index in [0.29, 0.717) is 46.7 Å². The number of anilines is 1. The number of ether oxygens (including phenoxy) is 2. The largest absolute Gasteiger partial charge is 0.496 e. The van der Waals surface area contributed by atoms with Gasteiger partial charge in [0.15, 0.2) is 5.78 Å². The number of carboxylic acids is 2. The zero-order valence-electron chi connectivity index (χ0n) is 23.1. The number of carboxylic acid groups (broad SMARTS) is 2. The Morgan fingerprint density at radius 1 is 1.10 bits per heavy atom. The molecule has 0 aromatic heterocycles. The van der Waals surface area contributed by atoms with Crippen molar-refractivity contribution in [1.29, 1.82) is 0 Å². The fourth-order valence-electron chi connectivity index (χ4n) is 5.51. The van der Waals surface area contributed by atoms with Crippen molar-refractivity contribution in [3.8, 4) is 5.75 Å². The number of hydrogen-bond acceptors (Lipinski definition) is 9. The fraction of sp³-hybridized carbons (Fsp3) is 0.571. The lowest BCUT2D eigenvalue weighted by Gasteiger charge is -2.42. The van der Waals surface area contributed by atoms with Crippen LogP contribution in [0.1, 0.15) is 48.9 Å². The maximum Gasteiger partial charge on any atom is 0.328 e. The summed E-state index contributed by atoms with van der Waals surface area (Å²) >= 11 is 6.13. The molecule has 0 bridgehead atoms. The number of rotatable bonds is 9. The molecule has 6 N–H and O–H groups in total. The first kappa shape index (κ1) is 32.3. The summed E-state index contributed by atoms with van der Waals surface area (Å²) in [7, 11) is 1.50. The molecule has 3 fully saturated rings. The first-order chi connectivity index (χ1) is 19.6. The van der Waals surface area contributed by atoms with Crippen LogP contribution in [0.25, 0.3) is 0 Å². The smallest absolute Gasteiger partial charge is 0.328 e. The van der Waals surface area contributed by atoms with Crippen LogP contribution in [0.4, 0.5) is 5.69 Å². The van der Waals surface area contributed by atoms with Gasteiger partial charge in [-0.1, -0.05) is 11.6 Å². The Hall–Kier alpha value is -3.19. The normalized spacial score (nSPS) is 21.1. The molecule has 0 saturated carbocycles. The third-order valence-corrected chi connectivity index (χ3v) is 7.89. The SMILES string of the molecule is COc1cc(N)c(Cl)cc1C(=O)NC1CCN(C(C(=O)[C@@H]2CCCO2)C2CCNCC2)CC1.O=C(O)/C=C/C(=O)O. The van der Waals surface area contributed by atoms with Crippen LogP contribution in [0.2, 0.25) is 5.02 Å². The molecule has 0 radical (unpaired) electrons. The third-order valence-electron chi connectivity index (χ3n) is 7.56. The van der Waals surface area contributed by atoms with Crippen LogP contribution in [-0.2, 0) is 19.1 Å². The number of aliphatic carboxylic acids is 2. The summed E-state index contributed by atoms with van der Waals surface area (Å²) in [6, 6.07) is 3.05. The Labute approximate surface area is 244 Å². The minimum atomic E-state index is -1.26. The van der Waals surface area contributed by atoms with Gasteiger partial charge in [-0.25, -0.2) is 9.59 Å². The molecule has 3 saturated heterocycles. The summed E-state index contributed by atoms with van der Waals surface area (Å²) in [4.78, 5) is 47.8. The van der Waals surface area contributed by atoms with E-state index in [0.717, 1.165) is 64.7 Å². The number of amides is 1. The summed E-state index contributed by atoms with van der Waals surface area (Å²) < 4.78 is 11.1. The van der Waals surface area contributed by atoms with Crippen LogP contribution >= 0.6 is 11.6 Å². The van der Waals surface area contributed by atoms with Gasteiger partial charge in [0, 0.05) is 44.0 Å². The lowest BCUT2D eigenvalue weighted by atomic mass is 9.83. The third kappa shape index (κ3) is 9.42. The van der Waals surface area contributed by atoms with Crippen molar-refractivity contribution >= 4 is 40.9 Å². The molecular formula is C28H39ClN4O8. The van der Waals surface area contributed by atoms with Gasteiger partial charge in [-0.15, -0.1) is 0 Å². The minimum absolute atomic E-state index is 0.0290. The van der Waals surface area contributed by atoms with E-state index in [9.17, 15) is 19.2 Å². The van der Waals surface area contributed by atoms with Crippen LogP contribution in [-0.4, -0.2) is 96.8 Å². The standard InChI is InChI=1S/C24H35ClN4O4.C4H4O4/c1-32-21-14-19(26)18(25)13-17(21)24(31)28-16-6-10-29(11-7-16)22(15-4-8-27-9-5-15)23(30)20-3-2-12-33-20;5-3(6)1-2-4(7)8/h13-16,20,22,27H,2-12,26H2,1H3,(H,28,31);1-2H,(H,5,6)(H,7,8)/b;2-1+/t20-,22?;/m0./s1. The van der Waals surface area contributed by atoms with E-state index in [-0.39, 0.29) is 29.9 Å². The van der Waals surface area contributed by atoms with E-state index >= 15 is 0 Å². The fourth-order valence-corrected chi connectivity index (χ4v) is 5.67. The highest BCUT2D eigenvalue weighted by molar-refractivity contribution is 6.33. The molecule has 0 spiro atoms. The van der Waals surface area contributed by atoms with E-state index in [1.807, 2.05) is 0 Å². The highest BCUT2D eigenvalue weighted by Crippen LogP contribution is 2.30. The second-order valence-corrected chi connectivity index (χ2v) is 10.7. The van der Waals surface area contributed by atoms with Gasteiger partial charge in [0.1, 0.15) is 11.9 Å². The first-order valence-electron chi connectivity index (χ1n) is 13.8. The van der Waals surface area contributed by atoms with Crippen molar-refractivity contribution in [1.82, 2.24) is 15.5 Å². The molecule has 0 aliphatic carbocycles. The van der Waals surface area contributed by atoms with Gasteiger partial charge in [0.2, 0.25) is 0 Å². The molecule has 3 aliphatic heterocycles. The van der Waals surface area contributed by atoms with Gasteiger partial charge in [0.25, 0.3) is 5.91 Å². The number of Topliss-reactive ketones (excluding diaryl/α,β-unsaturated/α-hetero) is 1. The van der Waals surface area contributed by atoms with Crippen LogP contribution in [0.3, 0.4) is 0 Å². The van der Waals surface area contributed by atoms with E-state index in [2.05, 4.69) is 15.5 Å². The molecule has 2 atom stereocenters. The maximum atomic E-state index is 13.4. The van der Waals surface area contributed by atoms with Gasteiger partial charge in [-0.05, 0) is 63.6 Å². The number of carbonyl (C=O) groups excluding carboxylic acids is 2. The number of piperidine rings is 2. The highest BCUT2D eigenvalue weighted by Gasteiger charge is 2.40. The molecule has 3 heterocycles. The average molecular weight is 595 g/mol. The van der Waals surface area contributed by atoms with E-state index in [1.54, 1.807) is 12.1 Å². The van der Waals surface area contributed by atoms with E-state index in [1.165, 1.54) is 7.11 Å². The average Bonchev–Trinajstić information content (AvgIpc) is 3.50. The molecule has 226 valence electrons. The molecular weight excluding hydrogens is 556 g/mol. The maximum absolute atomic E-state index is 13.4. The minimum Gasteiger partial charge on any atom is -0.496 e. The Morgan fingerprint density at radius 3 is 2.27 bits per heavy atom. The molecule has 13 heteroatoms. The second kappa shape index (κ2) is 15.7. The Balaban J connectivity index is 0.000000507. The van der Waals surface area contributed by atoms with Crippen LogP contribution in [0, 0.1) is 5.92 Å². The molecule has 1 amide bonds. The number of ketones is 1. The molecule has 1 aromatic rings. The van der Waals surface area contributed by atoms with Gasteiger partial charge in [-0.3, -0.25) is 14.5 Å². The number of nitrogens with zero attached hydrogens (tertiary/aromatic N) is 1. The number of likely N-dealkylation sites (tertiary alicyclic amines) is 1. The van der Waals surface area contributed by atoms with Crippen molar-refractivity contribution in [3.05, 3.63) is 34.9 Å². The molecule has 12 nitrogen and oxygen atoms in total. The molecule has 4 rings (SSSR count). The van der Waals surface area contributed by atoms with Gasteiger partial charge >= 0.3 is 11.9 Å². The predicted molar refractivity (Wildman–Crippen MR) is 152 cm³/mol. The monoisotopic (exact) mass is 594 g/mol. The van der Waals surface area contributed by atoms with Crippen molar-refractivity contribution in [2.24, 2.45) is 5.92 Å². The zero-order valence-corrected chi connectivity index (χ0v) is 23.9. The van der Waals surface area contributed by atoms with Crippen LogP contribution in [0.15, 0.2) is 24.3 Å². The van der Waals surface area contributed by atoms with Crippen LogP contribution in [0.5, 0.6) is 5.75 Å². The van der Waals surface area contributed by atoms with Crippen LogP contribution < -0.4 is 21.1 Å². The Kier molecular flexibility index (Phi) is 12.4. The molecule has 41 heavy (non-hydrogen) atoms.